The summed E-state index contributed by atoms with van der Waals surface area (Å²) >= 11 is 0. The number of aromatic amines is 1. The molecule has 1 N–H and O–H groups in total. The van der Waals surface area contributed by atoms with Crippen LogP contribution < -0.4 is 5.76 Å². The van der Waals surface area contributed by atoms with Crippen LogP contribution >= 0.6 is 0 Å². The Morgan fingerprint density at radius 3 is 3.00 bits per heavy atom. The lowest BCUT2D eigenvalue weighted by atomic mass is 10.0. The fourth-order valence-corrected chi connectivity index (χ4v) is 1.56. The summed E-state index contributed by atoms with van der Waals surface area (Å²) in [6.07, 6.45) is 0. The van der Waals surface area contributed by atoms with Crippen molar-refractivity contribution in [2.24, 2.45) is 0 Å². The molecule has 1 fully saturated rings. The fraction of sp³-hybridized carbons (Fsp3) is 0.300. The van der Waals surface area contributed by atoms with Crippen molar-refractivity contribution in [3.63, 3.8) is 0 Å². The standard InChI is InChI=1S/C10H9NO3/c1-10(5-13-10)6-2-3-8-7(4-6)11-9(12)14-8/h2-4H,5H2,1H3,(H,11,12). The monoisotopic (exact) mass is 191 g/mol. The third-order valence-electron chi connectivity index (χ3n) is 2.61. The van der Waals surface area contributed by atoms with Gasteiger partial charge in [-0.1, -0.05) is 6.07 Å². The molecule has 1 aliphatic rings. The average molecular weight is 191 g/mol. The predicted octanol–water partition coefficient (Wildman–Crippen LogP) is 1.37. The van der Waals surface area contributed by atoms with E-state index in [0.717, 1.165) is 17.7 Å². The van der Waals surface area contributed by atoms with E-state index in [-0.39, 0.29) is 5.60 Å². The summed E-state index contributed by atoms with van der Waals surface area (Å²) in [5.74, 6) is -0.418. The Hall–Kier alpha value is -1.55. The second-order valence-electron chi connectivity index (χ2n) is 3.74. The highest BCUT2D eigenvalue weighted by atomic mass is 16.6. The summed E-state index contributed by atoms with van der Waals surface area (Å²) in [5, 5.41) is 0. The number of aromatic nitrogens is 1. The second kappa shape index (κ2) is 2.27. The number of nitrogens with one attached hydrogen (secondary N) is 1. The minimum absolute atomic E-state index is 0.164. The SMILES string of the molecule is CC1(c2ccc3oc(=O)[nH]c3c2)CO1. The van der Waals surface area contributed by atoms with E-state index >= 15 is 0 Å². The van der Waals surface area contributed by atoms with Crippen molar-refractivity contribution in [3.8, 4) is 0 Å². The van der Waals surface area contributed by atoms with Gasteiger partial charge < -0.3 is 9.15 Å². The topological polar surface area (TPSA) is 58.5 Å². The van der Waals surface area contributed by atoms with Gasteiger partial charge in [0, 0.05) is 0 Å². The Morgan fingerprint density at radius 1 is 1.50 bits per heavy atom. The summed E-state index contributed by atoms with van der Waals surface area (Å²) in [6, 6.07) is 5.61. The summed E-state index contributed by atoms with van der Waals surface area (Å²) in [5.41, 5.74) is 2.22. The molecule has 0 amide bonds. The van der Waals surface area contributed by atoms with Gasteiger partial charge in [-0.05, 0) is 24.6 Å². The number of ether oxygens (including phenoxy) is 1. The number of H-pyrrole nitrogens is 1. The molecule has 1 aromatic heterocycles. The molecule has 1 aliphatic heterocycles. The van der Waals surface area contributed by atoms with Crippen LogP contribution in [0.4, 0.5) is 0 Å². The van der Waals surface area contributed by atoms with Gasteiger partial charge in [0.15, 0.2) is 5.58 Å². The van der Waals surface area contributed by atoms with E-state index in [1.807, 2.05) is 19.1 Å². The molecule has 0 radical (unpaired) electrons. The molecule has 3 rings (SSSR count). The van der Waals surface area contributed by atoms with Crippen LogP contribution in [0.5, 0.6) is 0 Å². The van der Waals surface area contributed by atoms with Gasteiger partial charge in [-0.3, -0.25) is 4.98 Å². The molecular weight excluding hydrogens is 182 g/mol. The molecule has 0 bridgehead atoms. The molecule has 0 saturated carbocycles. The molecule has 2 aromatic rings. The van der Waals surface area contributed by atoms with Crippen molar-refractivity contribution in [2.75, 3.05) is 6.61 Å². The van der Waals surface area contributed by atoms with E-state index in [2.05, 4.69) is 4.98 Å². The quantitative estimate of drug-likeness (QED) is 0.692. The van der Waals surface area contributed by atoms with Crippen LogP contribution in [0.2, 0.25) is 0 Å². The van der Waals surface area contributed by atoms with Crippen LogP contribution in [0.25, 0.3) is 11.1 Å². The lowest BCUT2D eigenvalue weighted by Gasteiger charge is -2.03. The highest BCUT2D eigenvalue weighted by molar-refractivity contribution is 5.73. The van der Waals surface area contributed by atoms with Gasteiger partial charge in [0.25, 0.3) is 0 Å². The Bertz CT molecular complexity index is 548. The first-order chi connectivity index (χ1) is 6.67. The Labute approximate surface area is 79.5 Å². The van der Waals surface area contributed by atoms with E-state index in [0.29, 0.717) is 5.58 Å². The molecule has 4 nitrogen and oxygen atoms in total. The number of hydrogen-bond acceptors (Lipinski definition) is 3. The van der Waals surface area contributed by atoms with E-state index in [1.54, 1.807) is 6.07 Å². The minimum atomic E-state index is -0.418. The van der Waals surface area contributed by atoms with Gasteiger partial charge in [-0.2, -0.15) is 0 Å². The number of hydrogen-bond donors (Lipinski definition) is 1. The van der Waals surface area contributed by atoms with Gasteiger partial charge in [-0.15, -0.1) is 0 Å². The van der Waals surface area contributed by atoms with E-state index in [4.69, 9.17) is 9.15 Å². The summed E-state index contributed by atoms with van der Waals surface area (Å²) in [4.78, 5) is 13.5. The molecule has 0 spiro atoms. The van der Waals surface area contributed by atoms with Crippen molar-refractivity contribution < 1.29 is 9.15 Å². The fourth-order valence-electron chi connectivity index (χ4n) is 1.56. The van der Waals surface area contributed by atoms with Gasteiger partial charge >= 0.3 is 5.76 Å². The molecule has 1 saturated heterocycles. The van der Waals surface area contributed by atoms with Crippen LogP contribution in [-0.2, 0) is 10.3 Å². The van der Waals surface area contributed by atoms with E-state index in [1.165, 1.54) is 0 Å². The predicted molar refractivity (Wildman–Crippen MR) is 50.1 cm³/mol. The van der Waals surface area contributed by atoms with Gasteiger partial charge in [-0.25, -0.2) is 4.79 Å². The molecule has 1 unspecified atom stereocenters. The van der Waals surface area contributed by atoms with E-state index < -0.39 is 5.76 Å². The largest absolute Gasteiger partial charge is 0.417 e. The first-order valence-corrected chi connectivity index (χ1v) is 4.45. The maximum atomic E-state index is 10.9. The van der Waals surface area contributed by atoms with Crippen molar-refractivity contribution >= 4 is 11.1 Å². The van der Waals surface area contributed by atoms with Gasteiger partial charge in [0.2, 0.25) is 0 Å². The summed E-state index contributed by atoms with van der Waals surface area (Å²) < 4.78 is 10.2. The number of epoxide rings is 1. The summed E-state index contributed by atoms with van der Waals surface area (Å²) in [6.45, 7) is 2.76. The molecule has 1 aromatic carbocycles. The zero-order valence-corrected chi connectivity index (χ0v) is 7.66. The minimum Gasteiger partial charge on any atom is -0.408 e. The number of oxazole rings is 1. The van der Waals surface area contributed by atoms with Crippen LogP contribution in [0.1, 0.15) is 12.5 Å². The van der Waals surface area contributed by atoms with Crippen molar-refractivity contribution in [1.82, 2.24) is 4.98 Å². The highest BCUT2D eigenvalue weighted by Gasteiger charge is 2.41. The number of rotatable bonds is 1. The molecular formula is C10H9NO3. The highest BCUT2D eigenvalue weighted by Crippen LogP contribution is 2.38. The Morgan fingerprint density at radius 2 is 2.29 bits per heavy atom. The van der Waals surface area contributed by atoms with Crippen LogP contribution in [0.15, 0.2) is 27.4 Å². The second-order valence-corrected chi connectivity index (χ2v) is 3.74. The summed E-state index contributed by atoms with van der Waals surface area (Å²) in [7, 11) is 0. The molecule has 72 valence electrons. The third-order valence-corrected chi connectivity index (χ3v) is 2.61. The van der Waals surface area contributed by atoms with E-state index in [9.17, 15) is 4.79 Å². The molecule has 0 aliphatic carbocycles. The molecule has 1 atom stereocenters. The first kappa shape index (κ1) is 7.82. The third kappa shape index (κ3) is 1.01. The van der Waals surface area contributed by atoms with Gasteiger partial charge in [0.05, 0.1) is 12.1 Å². The number of fused-ring (bicyclic) bond motifs is 1. The number of benzene rings is 1. The lowest BCUT2D eigenvalue weighted by Crippen LogP contribution is -2.01. The normalized spacial score (nSPS) is 25.5. The maximum Gasteiger partial charge on any atom is 0.417 e. The Kier molecular flexibility index (Phi) is 1.27. The first-order valence-electron chi connectivity index (χ1n) is 4.45. The van der Waals surface area contributed by atoms with Crippen LogP contribution in [-0.4, -0.2) is 11.6 Å². The van der Waals surface area contributed by atoms with Crippen molar-refractivity contribution in [1.29, 1.82) is 0 Å². The van der Waals surface area contributed by atoms with Crippen LogP contribution in [0.3, 0.4) is 0 Å². The molecule has 14 heavy (non-hydrogen) atoms. The van der Waals surface area contributed by atoms with Gasteiger partial charge in [0.1, 0.15) is 5.60 Å². The maximum absolute atomic E-state index is 10.9. The van der Waals surface area contributed by atoms with Crippen LogP contribution in [0, 0.1) is 0 Å². The molecule has 2 heterocycles. The Balaban J connectivity index is 2.24. The smallest absolute Gasteiger partial charge is 0.408 e. The lowest BCUT2D eigenvalue weighted by molar-refractivity contribution is 0.329. The van der Waals surface area contributed by atoms with Crippen molar-refractivity contribution in [3.05, 3.63) is 34.3 Å². The van der Waals surface area contributed by atoms with Crippen molar-refractivity contribution in [2.45, 2.75) is 12.5 Å². The zero-order valence-electron chi connectivity index (χ0n) is 7.66. The zero-order chi connectivity index (χ0) is 9.76. The average Bonchev–Trinajstić information content (AvgIpc) is 2.79. The molecule has 4 heteroatoms.